The Hall–Kier alpha value is -2.12. The Balaban J connectivity index is 2.12. The number of rotatable bonds is 21. The minimum atomic E-state index is -2.22. The fourth-order valence-corrected chi connectivity index (χ4v) is 11.9. The van der Waals surface area contributed by atoms with Gasteiger partial charge in [-0.15, -0.1) is 0 Å². The van der Waals surface area contributed by atoms with Crippen molar-refractivity contribution in [2.24, 2.45) is 0 Å². The molecule has 0 radical (unpaired) electrons. The Morgan fingerprint density at radius 3 is 0.805 bits per heavy atom. The van der Waals surface area contributed by atoms with Crippen molar-refractivity contribution >= 4 is 23.9 Å². The first kappa shape index (κ1) is 71.0. The van der Waals surface area contributed by atoms with Gasteiger partial charge in [-0.2, -0.15) is 0 Å². The van der Waals surface area contributed by atoms with Crippen molar-refractivity contribution in [2.75, 3.05) is 0 Å². The summed E-state index contributed by atoms with van der Waals surface area (Å²) < 4.78 is 24.6. The summed E-state index contributed by atoms with van der Waals surface area (Å²) in [5, 5.41) is 0. The molecule has 8 nitrogen and oxygen atoms in total. The van der Waals surface area contributed by atoms with Gasteiger partial charge in [0.1, 0.15) is 0 Å². The topological polar surface area (TPSA) is 105 Å². The van der Waals surface area contributed by atoms with E-state index in [0.29, 0.717) is 25.7 Å². The second kappa shape index (κ2) is 54.5. The number of carbonyl (C=O) groups excluding carboxylic acids is 4. The molecule has 1 unspecified atom stereocenters. The molecule has 2 aliphatic heterocycles. The van der Waals surface area contributed by atoms with Crippen LogP contribution in [0.4, 0.5) is 0 Å². The Morgan fingerprint density at radius 2 is 0.519 bits per heavy atom. The highest BCUT2D eigenvalue weighted by Crippen LogP contribution is 2.30. The van der Waals surface area contributed by atoms with Crippen LogP contribution < -0.4 is 0 Å². The largest absolute Gasteiger partial charge is 0.425 e. The van der Waals surface area contributed by atoms with Crippen molar-refractivity contribution in [1.82, 2.24) is 0 Å². The SMILES string of the molecule is CCCCCCCCCCCCCCCCCCCCCCC1OC(=O)CCCCCCCCCCCCCCCCCCCCC2(OC(=O)CCCCCCCCCCCCCCCCCCCCCC(=O)O2)C(=O)O1. The molecule has 2 rings (SSSR count). The van der Waals surface area contributed by atoms with Crippen LogP contribution in [0.2, 0.25) is 0 Å². The summed E-state index contributed by atoms with van der Waals surface area (Å²) in [6.07, 6.45) is 67.8. The maximum absolute atomic E-state index is 14.9. The first-order chi connectivity index (χ1) is 37.9. The number of hydrogen-bond acceptors (Lipinski definition) is 8. The minimum absolute atomic E-state index is 0.0310. The third-order valence-electron chi connectivity index (χ3n) is 17.1. The van der Waals surface area contributed by atoms with E-state index >= 15 is 0 Å². The van der Waals surface area contributed by atoms with Crippen LogP contribution in [0.5, 0.6) is 0 Å². The van der Waals surface area contributed by atoms with Crippen molar-refractivity contribution in [3.63, 3.8) is 0 Å². The molecule has 452 valence electrons. The van der Waals surface area contributed by atoms with Crippen LogP contribution in [0.25, 0.3) is 0 Å². The molecule has 2 heterocycles. The third kappa shape index (κ3) is 45.2. The van der Waals surface area contributed by atoms with E-state index in [2.05, 4.69) is 6.92 Å². The van der Waals surface area contributed by atoms with Gasteiger partial charge in [-0.25, -0.2) is 4.79 Å². The average molecular weight is 1090 g/mol. The lowest BCUT2D eigenvalue weighted by atomic mass is 10.0. The second-order valence-electron chi connectivity index (χ2n) is 24.6. The first-order valence-electron chi connectivity index (χ1n) is 34.8. The van der Waals surface area contributed by atoms with Crippen LogP contribution in [0.1, 0.15) is 405 Å². The molecule has 0 aliphatic carbocycles. The normalized spacial score (nSPS) is 21.5. The molecule has 2 aliphatic rings. The summed E-state index contributed by atoms with van der Waals surface area (Å²) in [5.74, 6) is -4.60. The number of ether oxygens (including phenoxy) is 4. The fourth-order valence-electron chi connectivity index (χ4n) is 11.9. The van der Waals surface area contributed by atoms with Crippen molar-refractivity contribution in [1.29, 1.82) is 0 Å². The van der Waals surface area contributed by atoms with Crippen LogP contribution in [-0.2, 0) is 38.1 Å². The lowest BCUT2D eigenvalue weighted by molar-refractivity contribution is -0.254. The summed E-state index contributed by atoms with van der Waals surface area (Å²) >= 11 is 0. The lowest BCUT2D eigenvalue weighted by Crippen LogP contribution is -2.50. The van der Waals surface area contributed by atoms with Crippen LogP contribution >= 0.6 is 0 Å². The Labute approximate surface area is 477 Å². The van der Waals surface area contributed by atoms with Crippen molar-refractivity contribution in [2.45, 2.75) is 417 Å². The molecular formula is C69H128O8. The van der Waals surface area contributed by atoms with E-state index in [0.717, 1.165) is 103 Å². The molecule has 0 aromatic carbocycles. The summed E-state index contributed by atoms with van der Waals surface area (Å²) in [7, 11) is 0. The highest BCUT2D eigenvalue weighted by Gasteiger charge is 2.49. The smallest absolute Gasteiger partial charge is 0.396 e. The Kier molecular flexibility index (Phi) is 50.2. The molecule has 8 heteroatoms. The van der Waals surface area contributed by atoms with Gasteiger partial charge in [0.2, 0.25) is 6.29 Å². The molecule has 2 saturated heterocycles. The van der Waals surface area contributed by atoms with E-state index in [4.69, 9.17) is 18.9 Å². The number of carbonyl (C=O) groups is 4. The van der Waals surface area contributed by atoms with Crippen LogP contribution in [0, 0.1) is 0 Å². The lowest BCUT2D eigenvalue weighted by Gasteiger charge is -2.32. The predicted octanol–water partition coefficient (Wildman–Crippen LogP) is 22.4. The van der Waals surface area contributed by atoms with Crippen LogP contribution in [0.15, 0.2) is 0 Å². The molecule has 0 amide bonds. The van der Waals surface area contributed by atoms with Gasteiger partial charge < -0.3 is 18.9 Å². The number of cyclic esters (lactones) is 2. The quantitative estimate of drug-likeness (QED) is 0.0827. The Morgan fingerprint density at radius 1 is 0.286 bits per heavy atom. The molecule has 1 atom stereocenters. The number of hydrogen-bond donors (Lipinski definition) is 0. The van der Waals surface area contributed by atoms with Gasteiger partial charge in [0, 0.05) is 32.1 Å². The van der Waals surface area contributed by atoms with Crippen molar-refractivity contribution < 1.29 is 38.1 Å². The molecule has 0 aromatic rings. The standard InChI is InChI=1S/C69H128O8/c1-2-3-4-5-6-7-8-9-10-11-12-16-22-27-32-37-42-47-52-57-62-67-74-64(70)59-54-49-44-39-34-29-24-19-17-18-23-28-33-38-43-48-53-58-63-69(68(73)75-67)76-65(71)60-55-50-45-40-35-30-25-20-14-13-15-21-26-31-36-41-46-51-56-61-66(72)77-69/h67H,2-63H2,1H3. The van der Waals surface area contributed by atoms with Crippen molar-refractivity contribution in [3.05, 3.63) is 0 Å². The Bertz CT molecular complexity index is 1300. The van der Waals surface area contributed by atoms with E-state index in [1.807, 2.05) is 0 Å². The molecule has 1 spiro atoms. The number of esters is 4. The van der Waals surface area contributed by atoms with Gasteiger partial charge in [0.15, 0.2) is 0 Å². The maximum Gasteiger partial charge on any atom is 0.396 e. The van der Waals surface area contributed by atoms with E-state index in [1.165, 1.54) is 244 Å². The molecular weight excluding hydrogens is 957 g/mol. The first-order valence-corrected chi connectivity index (χ1v) is 34.8. The predicted molar refractivity (Wildman–Crippen MR) is 323 cm³/mol. The molecule has 77 heavy (non-hydrogen) atoms. The molecule has 0 saturated carbocycles. The molecule has 0 N–H and O–H groups in total. The van der Waals surface area contributed by atoms with Crippen molar-refractivity contribution in [3.8, 4) is 0 Å². The van der Waals surface area contributed by atoms with Gasteiger partial charge in [-0.1, -0.05) is 341 Å². The van der Waals surface area contributed by atoms with Crippen LogP contribution in [-0.4, -0.2) is 36.0 Å². The number of unbranched alkanes of at least 4 members (excludes halogenated alkanes) is 19. The summed E-state index contributed by atoms with van der Waals surface area (Å²) in [4.78, 5) is 56.1. The average Bonchev–Trinajstić information content (AvgIpc) is 3.41. The zero-order chi connectivity index (χ0) is 55.1. The highest BCUT2D eigenvalue weighted by atomic mass is 16.8. The van der Waals surface area contributed by atoms with E-state index in [9.17, 15) is 19.2 Å². The van der Waals surface area contributed by atoms with Crippen LogP contribution in [0.3, 0.4) is 0 Å². The second-order valence-corrected chi connectivity index (χ2v) is 24.6. The highest BCUT2D eigenvalue weighted by molar-refractivity contribution is 5.85. The minimum Gasteiger partial charge on any atom is -0.425 e. The van der Waals surface area contributed by atoms with E-state index in [-0.39, 0.29) is 31.7 Å². The van der Waals surface area contributed by atoms with Gasteiger partial charge in [0.05, 0.1) is 0 Å². The summed E-state index contributed by atoms with van der Waals surface area (Å²) in [6, 6.07) is 0. The summed E-state index contributed by atoms with van der Waals surface area (Å²) in [6.45, 7) is 2.29. The zero-order valence-electron chi connectivity index (χ0n) is 51.2. The van der Waals surface area contributed by atoms with Gasteiger partial charge >= 0.3 is 29.7 Å². The molecule has 0 bridgehead atoms. The molecule has 0 aromatic heterocycles. The van der Waals surface area contributed by atoms with E-state index in [1.54, 1.807) is 0 Å². The maximum atomic E-state index is 14.9. The zero-order valence-corrected chi connectivity index (χ0v) is 51.2. The van der Waals surface area contributed by atoms with Gasteiger partial charge in [-0.05, 0) is 32.1 Å². The molecule has 2 fully saturated rings. The van der Waals surface area contributed by atoms with Gasteiger partial charge in [0.25, 0.3) is 0 Å². The van der Waals surface area contributed by atoms with E-state index < -0.39 is 30.0 Å². The third-order valence-corrected chi connectivity index (χ3v) is 17.1. The monoisotopic (exact) mass is 1080 g/mol. The van der Waals surface area contributed by atoms with Gasteiger partial charge in [-0.3, -0.25) is 14.4 Å². The summed E-state index contributed by atoms with van der Waals surface area (Å²) in [5.41, 5.74) is 0. The fraction of sp³-hybridized carbons (Fsp3) is 0.942.